The second kappa shape index (κ2) is 35.0. The molecule has 0 saturated carbocycles. The zero-order chi connectivity index (χ0) is 70.1. The van der Waals surface area contributed by atoms with E-state index in [0.29, 0.717) is 0 Å². The van der Waals surface area contributed by atoms with Gasteiger partial charge in [-0.3, -0.25) is 23.7 Å². The molecule has 34 atom stereocenters. The molecule has 6 heterocycles. The molecule has 0 unspecified atom stereocenters. The van der Waals surface area contributed by atoms with E-state index in [0.717, 1.165) is 27.7 Å². The van der Waals surface area contributed by atoms with Crippen LogP contribution in [0.2, 0.25) is 0 Å². The van der Waals surface area contributed by atoms with Crippen molar-refractivity contribution in [3.63, 3.8) is 0 Å². The summed E-state index contributed by atoms with van der Waals surface area (Å²) in [6, 6.07) is -7.26. The first-order valence-electron chi connectivity index (χ1n) is 29.2. The van der Waals surface area contributed by atoms with Gasteiger partial charge in [0.25, 0.3) is 0 Å². The Morgan fingerprint density at radius 1 is 0.426 bits per heavy atom. The minimum atomic E-state index is -5.16. The summed E-state index contributed by atoms with van der Waals surface area (Å²) >= 11 is 0. The Kier molecular flexibility index (Phi) is 29.6. The molecule has 546 valence electrons. The Labute approximate surface area is 533 Å². The standard InChI is InChI=1S/C50H86N4O39S/c1-13(61)51-17(5-55)40(89-46-26(53-15(3)63)33(71)43(22(9-59)86-46)91-49-38(76)36(74)30(68)24(88-49)12-82-94(78,79)80)28(66)18(65)11-81-45-25(52-14(2)62)32(70)41(21(8-58)85-45)92-50-39(77)44(31(69)20(7-57)84-50)93-47-27(54-16(4)64)34(72)42(23(10-60)87-47)90-48-37(75)35(73)29(67)19(6-56)83-48/h17-50,55-60,65-77H,5-12H2,1-4H3,(H,51,61)(H,52,62)(H,53,63)(H,54,64)(H,78,79,80)/t17-,18+,19+,20+,21+,22+,23+,24+,25+,26+,27+,28-,29-,30-,31-,32+,33+,34+,35-,36-,37+,38+,39+,40+,41+,42+,43+,44-,45+,46-,47-,48-,49-,50-/m0/s1. The van der Waals surface area contributed by atoms with Crippen LogP contribution in [0, 0.1) is 0 Å². The van der Waals surface area contributed by atoms with Crippen LogP contribution in [0.5, 0.6) is 0 Å². The van der Waals surface area contributed by atoms with Gasteiger partial charge in [0.2, 0.25) is 23.6 Å². The fourth-order valence-electron chi connectivity index (χ4n) is 11.3. The van der Waals surface area contributed by atoms with Crippen LogP contribution in [0.3, 0.4) is 0 Å². The molecule has 0 radical (unpaired) electrons. The molecule has 0 aromatic heterocycles. The van der Waals surface area contributed by atoms with E-state index in [2.05, 4.69) is 25.5 Å². The van der Waals surface area contributed by atoms with Crippen molar-refractivity contribution in [1.82, 2.24) is 21.3 Å². The van der Waals surface area contributed by atoms with Crippen LogP contribution >= 0.6 is 0 Å². The smallest absolute Gasteiger partial charge is 0.394 e. The molecule has 6 rings (SSSR count). The highest BCUT2D eigenvalue weighted by Gasteiger charge is 2.58. The zero-order valence-electron chi connectivity index (χ0n) is 50.4. The number of aliphatic hydroxyl groups excluding tert-OH is 19. The lowest BCUT2D eigenvalue weighted by Crippen LogP contribution is -2.70. The molecule has 4 amide bonds. The van der Waals surface area contributed by atoms with Crippen molar-refractivity contribution < 1.29 is 190 Å². The largest absolute Gasteiger partial charge is 0.397 e. The van der Waals surface area contributed by atoms with E-state index < -0.39 is 295 Å². The third-order valence-electron chi connectivity index (χ3n) is 16.0. The van der Waals surface area contributed by atoms with E-state index >= 15 is 0 Å². The van der Waals surface area contributed by atoms with E-state index in [1.807, 2.05) is 0 Å². The lowest BCUT2D eigenvalue weighted by molar-refractivity contribution is -0.378. The monoisotopic (exact) mass is 1400 g/mol. The lowest BCUT2D eigenvalue weighted by Gasteiger charge is -2.50. The van der Waals surface area contributed by atoms with Crippen LogP contribution < -0.4 is 21.3 Å². The van der Waals surface area contributed by atoms with Crippen molar-refractivity contribution in [2.75, 3.05) is 52.9 Å². The second-order valence-electron chi connectivity index (χ2n) is 22.8. The summed E-state index contributed by atoms with van der Waals surface area (Å²) < 4.78 is 105. The number of amides is 4. The molecule has 0 spiro atoms. The molecule has 0 bridgehead atoms. The van der Waals surface area contributed by atoms with Crippen molar-refractivity contribution >= 4 is 34.0 Å². The number of aliphatic hydroxyl groups is 19. The average molecular weight is 1400 g/mol. The van der Waals surface area contributed by atoms with E-state index in [1.54, 1.807) is 0 Å². The summed E-state index contributed by atoms with van der Waals surface area (Å²) in [4.78, 5) is 50.3. The average Bonchev–Trinajstić information content (AvgIpc) is 0.783. The first-order chi connectivity index (χ1) is 44.1. The SMILES string of the molecule is CC(=O)N[C@H]1[C@H](O[C@H]2[C@@H](O)[C@@H](CO)O[C@@H](O[C@H]3[C@H](O)[C@@H](NC(C)=O)[C@H](OC[C@@H](O)[C@H](O)[C@H](O[C@@H]4O[C@H](CO)[C@@H](O[C@@H]5O[C@H](COS(=O)(=O)O)[C@H](O)[C@H](O)[C@H]5O)[C@H](O)[C@H]4NC(C)=O)[C@H](CO)NC(C)=O)O[C@@H]3CO)[C@@H]2O)O[C@H](CO)[C@@H](O[C@@H]2O[C@H](CO)[C@H](O)[C@H](O)[C@H]2O)[C@@H]1O. The summed E-state index contributed by atoms with van der Waals surface area (Å²) in [6.07, 6.45) is -60.2. The van der Waals surface area contributed by atoms with E-state index in [1.165, 1.54) is 0 Å². The highest BCUT2D eigenvalue weighted by Crippen LogP contribution is 2.37. The number of rotatable bonds is 29. The van der Waals surface area contributed by atoms with Crippen molar-refractivity contribution in [2.24, 2.45) is 0 Å². The molecule has 24 N–H and O–H groups in total. The topological polar surface area (TPSA) is 675 Å². The quantitative estimate of drug-likeness (QED) is 0.0309. The molecule has 6 aliphatic rings. The molecule has 0 aromatic rings. The molecule has 0 aromatic carbocycles. The van der Waals surface area contributed by atoms with E-state index in [9.17, 15) is 125 Å². The normalized spacial score (nSPS) is 42.7. The molecule has 0 aliphatic carbocycles. The maximum atomic E-state index is 12.7. The number of ether oxygens (including phenoxy) is 12. The van der Waals surface area contributed by atoms with Gasteiger partial charge in [-0.25, -0.2) is 4.18 Å². The molecular formula is C50H86N4O39S. The Balaban J connectivity index is 1.19. The maximum Gasteiger partial charge on any atom is 0.397 e. The Bertz CT molecular complexity index is 2520. The van der Waals surface area contributed by atoms with Crippen molar-refractivity contribution in [1.29, 1.82) is 0 Å². The maximum absolute atomic E-state index is 12.7. The molecular weight excluding hydrogens is 1310 g/mol. The molecule has 94 heavy (non-hydrogen) atoms. The van der Waals surface area contributed by atoms with Crippen LogP contribution in [0.4, 0.5) is 0 Å². The Morgan fingerprint density at radius 2 is 0.787 bits per heavy atom. The third-order valence-corrected chi connectivity index (χ3v) is 16.4. The van der Waals surface area contributed by atoms with E-state index in [4.69, 9.17) is 61.4 Å². The number of hydrogen-bond donors (Lipinski definition) is 24. The van der Waals surface area contributed by atoms with Crippen molar-refractivity contribution in [3.8, 4) is 0 Å². The molecule has 6 aliphatic heterocycles. The number of hydrogen-bond acceptors (Lipinski definition) is 38. The van der Waals surface area contributed by atoms with Gasteiger partial charge in [0.05, 0.1) is 58.9 Å². The highest BCUT2D eigenvalue weighted by atomic mass is 32.3. The molecule has 44 heteroatoms. The summed E-state index contributed by atoms with van der Waals surface area (Å²) in [5.41, 5.74) is 0. The van der Waals surface area contributed by atoms with Gasteiger partial charge in [-0.05, 0) is 0 Å². The summed E-state index contributed by atoms with van der Waals surface area (Å²) in [7, 11) is -5.16. The molecule has 6 saturated heterocycles. The zero-order valence-corrected chi connectivity index (χ0v) is 51.2. The summed E-state index contributed by atoms with van der Waals surface area (Å²) in [5, 5.41) is 216. The Morgan fingerprint density at radius 3 is 1.20 bits per heavy atom. The lowest BCUT2D eigenvalue weighted by atomic mass is 9.94. The predicted octanol–water partition coefficient (Wildman–Crippen LogP) is -16.2. The summed E-state index contributed by atoms with van der Waals surface area (Å²) in [6.45, 7) is -4.80. The minimum Gasteiger partial charge on any atom is -0.394 e. The van der Waals surface area contributed by atoms with Crippen LogP contribution in [-0.2, 0) is 90.6 Å². The summed E-state index contributed by atoms with van der Waals surface area (Å²) in [5.74, 6) is -3.58. The number of carbonyl (C=O) groups excluding carboxylic acids is 4. The second-order valence-corrected chi connectivity index (χ2v) is 23.9. The molecule has 43 nitrogen and oxygen atoms in total. The van der Waals surface area contributed by atoms with Crippen LogP contribution in [0.15, 0.2) is 0 Å². The number of carbonyl (C=O) groups is 4. The van der Waals surface area contributed by atoms with Crippen LogP contribution in [0.25, 0.3) is 0 Å². The van der Waals surface area contributed by atoms with Gasteiger partial charge >= 0.3 is 10.4 Å². The highest BCUT2D eigenvalue weighted by molar-refractivity contribution is 7.80. The van der Waals surface area contributed by atoms with Gasteiger partial charge in [0.15, 0.2) is 37.7 Å². The third kappa shape index (κ3) is 19.3. The Hall–Kier alpha value is -3.49. The fraction of sp³-hybridized carbons (Fsp3) is 0.920. The predicted molar refractivity (Wildman–Crippen MR) is 291 cm³/mol. The van der Waals surface area contributed by atoms with Gasteiger partial charge in [-0.15, -0.1) is 0 Å². The van der Waals surface area contributed by atoms with Gasteiger partial charge in [0, 0.05) is 27.7 Å². The van der Waals surface area contributed by atoms with Crippen LogP contribution in [0.1, 0.15) is 27.7 Å². The van der Waals surface area contributed by atoms with Crippen molar-refractivity contribution in [3.05, 3.63) is 0 Å². The van der Waals surface area contributed by atoms with Crippen LogP contribution in [-0.4, -0.2) is 395 Å². The van der Waals surface area contributed by atoms with Gasteiger partial charge in [0.1, 0.15) is 165 Å². The number of nitrogens with one attached hydrogen (secondary N) is 4. The van der Waals surface area contributed by atoms with Gasteiger partial charge < -0.3 is 175 Å². The van der Waals surface area contributed by atoms with E-state index in [-0.39, 0.29) is 0 Å². The first kappa shape index (κ1) is 79.5. The van der Waals surface area contributed by atoms with Gasteiger partial charge in [-0.2, -0.15) is 8.42 Å². The van der Waals surface area contributed by atoms with Crippen molar-refractivity contribution in [2.45, 2.75) is 236 Å². The molecule has 6 fully saturated rings. The fourth-order valence-corrected chi connectivity index (χ4v) is 11.6. The van der Waals surface area contributed by atoms with Gasteiger partial charge in [-0.1, -0.05) is 0 Å². The minimum absolute atomic E-state index is 0.862. The first-order valence-corrected chi connectivity index (χ1v) is 30.5.